The third-order valence-electron chi connectivity index (χ3n) is 3.35. The highest BCUT2D eigenvalue weighted by atomic mass is 16.4. The molecule has 3 rings (SSSR count). The molecule has 0 bridgehead atoms. The van der Waals surface area contributed by atoms with Crippen LogP contribution in [0.2, 0.25) is 0 Å². The number of carboxylic acids is 2. The molecule has 2 aromatic carbocycles. The Balaban J connectivity index is 1.72. The fourth-order valence-corrected chi connectivity index (χ4v) is 2.00. The molecule has 0 spiro atoms. The zero-order chi connectivity index (χ0) is 18.5. The van der Waals surface area contributed by atoms with E-state index in [1.807, 2.05) is 0 Å². The molecule has 0 saturated heterocycles. The lowest BCUT2D eigenvalue weighted by Gasteiger charge is -1.99. The van der Waals surface area contributed by atoms with E-state index in [1.165, 1.54) is 30.5 Å². The normalized spacial score (nSPS) is 10.8. The van der Waals surface area contributed by atoms with E-state index in [1.54, 1.807) is 24.3 Å². The first-order valence-electron chi connectivity index (χ1n) is 7.31. The third kappa shape index (κ3) is 3.90. The molecule has 1 heterocycles. The Labute approximate surface area is 146 Å². The fourth-order valence-electron chi connectivity index (χ4n) is 2.00. The summed E-state index contributed by atoms with van der Waals surface area (Å²) >= 11 is 0. The van der Waals surface area contributed by atoms with Crippen LogP contribution in [0.25, 0.3) is 11.4 Å². The zero-order valence-electron chi connectivity index (χ0n) is 13.1. The average molecular weight is 349 g/mol. The van der Waals surface area contributed by atoms with Gasteiger partial charge in [-0.1, -0.05) is 24.3 Å². The second-order valence-electron chi connectivity index (χ2n) is 5.09. The van der Waals surface area contributed by atoms with Gasteiger partial charge in [0.1, 0.15) is 0 Å². The number of aromatic nitrogens is 4. The predicted octanol–water partition coefficient (Wildman–Crippen LogP) is 2.08. The van der Waals surface area contributed by atoms with Crippen LogP contribution < -0.4 is 0 Å². The van der Waals surface area contributed by atoms with Gasteiger partial charge in [-0.3, -0.25) is 0 Å². The Morgan fingerprint density at radius 1 is 0.769 bits per heavy atom. The van der Waals surface area contributed by atoms with E-state index < -0.39 is 11.9 Å². The van der Waals surface area contributed by atoms with Gasteiger partial charge in [0.25, 0.3) is 5.95 Å². The lowest BCUT2D eigenvalue weighted by molar-refractivity contribution is 0.0686. The summed E-state index contributed by atoms with van der Waals surface area (Å²) in [6, 6.07) is 12.1. The van der Waals surface area contributed by atoms with Crippen LogP contribution >= 0.6 is 0 Å². The summed E-state index contributed by atoms with van der Waals surface area (Å²) in [5.74, 6) is -1.74. The van der Waals surface area contributed by atoms with Crippen molar-refractivity contribution in [3.8, 4) is 11.4 Å². The van der Waals surface area contributed by atoms with Crippen molar-refractivity contribution in [2.45, 2.75) is 0 Å². The summed E-state index contributed by atoms with van der Waals surface area (Å²) in [6.45, 7) is 0. The molecular formula is C17H11N5O4. The second-order valence-corrected chi connectivity index (χ2v) is 5.09. The quantitative estimate of drug-likeness (QED) is 0.667. The molecule has 0 radical (unpaired) electrons. The maximum absolute atomic E-state index is 10.8. The fraction of sp³-hybridized carbons (Fsp3) is 0. The largest absolute Gasteiger partial charge is 0.478 e. The van der Waals surface area contributed by atoms with Gasteiger partial charge in [-0.25, -0.2) is 14.6 Å². The van der Waals surface area contributed by atoms with Gasteiger partial charge in [0.15, 0.2) is 0 Å². The first-order valence-corrected chi connectivity index (χ1v) is 7.31. The van der Waals surface area contributed by atoms with Crippen LogP contribution in [0.5, 0.6) is 0 Å². The number of benzene rings is 2. The molecule has 3 aromatic rings. The molecule has 0 amide bonds. The molecule has 1 aromatic heterocycles. The molecule has 0 aliphatic heterocycles. The molecule has 9 nitrogen and oxygen atoms in total. The number of nitrogens with zero attached hydrogens (tertiary/aromatic N) is 5. The SMILES string of the molecule is O=C(O)c1ccc(/C=N/c2nnc(-c3ccc(C(=O)O)cc3)nn2)cc1. The van der Waals surface area contributed by atoms with Crippen LogP contribution in [-0.4, -0.2) is 48.8 Å². The Kier molecular flexibility index (Phi) is 4.70. The van der Waals surface area contributed by atoms with E-state index in [9.17, 15) is 9.59 Å². The minimum atomic E-state index is -1.02. The molecule has 26 heavy (non-hydrogen) atoms. The van der Waals surface area contributed by atoms with Crippen molar-refractivity contribution in [1.29, 1.82) is 0 Å². The van der Waals surface area contributed by atoms with Gasteiger partial charge in [-0.15, -0.1) is 20.4 Å². The van der Waals surface area contributed by atoms with Gasteiger partial charge in [-0.05, 0) is 29.8 Å². The topological polar surface area (TPSA) is 139 Å². The number of hydrogen-bond acceptors (Lipinski definition) is 7. The lowest BCUT2D eigenvalue weighted by Crippen LogP contribution is -1.98. The number of rotatable bonds is 5. The Hall–Kier alpha value is -4.01. The van der Waals surface area contributed by atoms with Crippen molar-refractivity contribution in [3.05, 3.63) is 65.2 Å². The molecule has 0 fully saturated rings. The van der Waals surface area contributed by atoms with Crippen molar-refractivity contribution in [2.24, 2.45) is 4.99 Å². The van der Waals surface area contributed by atoms with Crippen LogP contribution in [0.4, 0.5) is 5.95 Å². The zero-order valence-corrected chi connectivity index (χ0v) is 13.1. The van der Waals surface area contributed by atoms with Crippen molar-refractivity contribution in [1.82, 2.24) is 20.4 Å². The van der Waals surface area contributed by atoms with Crippen molar-refractivity contribution < 1.29 is 19.8 Å². The van der Waals surface area contributed by atoms with E-state index >= 15 is 0 Å². The Morgan fingerprint density at radius 3 is 1.77 bits per heavy atom. The first kappa shape index (κ1) is 16.8. The summed E-state index contributed by atoms with van der Waals surface area (Å²) in [4.78, 5) is 25.7. The van der Waals surface area contributed by atoms with Crippen molar-refractivity contribution in [2.75, 3.05) is 0 Å². The summed E-state index contributed by atoms with van der Waals surface area (Å²) in [5, 5.41) is 33.2. The van der Waals surface area contributed by atoms with Crippen LogP contribution in [0.15, 0.2) is 53.5 Å². The molecule has 0 aliphatic carbocycles. The van der Waals surface area contributed by atoms with Crippen LogP contribution in [-0.2, 0) is 0 Å². The van der Waals surface area contributed by atoms with Gasteiger partial charge in [0.2, 0.25) is 5.82 Å². The molecule has 9 heteroatoms. The van der Waals surface area contributed by atoms with Gasteiger partial charge < -0.3 is 10.2 Å². The predicted molar refractivity (Wildman–Crippen MR) is 90.7 cm³/mol. The maximum Gasteiger partial charge on any atom is 0.335 e. The minimum absolute atomic E-state index is 0.0400. The second kappa shape index (κ2) is 7.26. The van der Waals surface area contributed by atoms with Crippen LogP contribution in [0, 0.1) is 0 Å². The van der Waals surface area contributed by atoms with Crippen LogP contribution in [0.3, 0.4) is 0 Å². The Bertz CT molecular complexity index is 968. The van der Waals surface area contributed by atoms with Gasteiger partial charge in [-0.2, -0.15) is 0 Å². The van der Waals surface area contributed by atoms with E-state index in [0.29, 0.717) is 11.1 Å². The molecule has 0 unspecified atom stereocenters. The number of hydrogen-bond donors (Lipinski definition) is 2. The highest BCUT2D eigenvalue weighted by Crippen LogP contribution is 2.15. The van der Waals surface area contributed by atoms with E-state index in [0.717, 1.165) is 0 Å². The van der Waals surface area contributed by atoms with E-state index in [4.69, 9.17) is 10.2 Å². The lowest BCUT2D eigenvalue weighted by atomic mass is 10.1. The summed E-state index contributed by atoms with van der Waals surface area (Å²) in [6.07, 6.45) is 1.46. The Morgan fingerprint density at radius 2 is 1.27 bits per heavy atom. The third-order valence-corrected chi connectivity index (χ3v) is 3.35. The maximum atomic E-state index is 10.8. The molecule has 0 aliphatic rings. The van der Waals surface area contributed by atoms with E-state index in [-0.39, 0.29) is 22.9 Å². The number of aliphatic imine (C=N–C) groups is 1. The number of aromatic carboxylic acids is 2. The highest BCUT2D eigenvalue weighted by Gasteiger charge is 2.07. The molecule has 128 valence electrons. The number of carbonyl (C=O) groups is 2. The molecular weight excluding hydrogens is 338 g/mol. The van der Waals surface area contributed by atoms with Crippen LogP contribution in [0.1, 0.15) is 26.3 Å². The average Bonchev–Trinajstić information content (AvgIpc) is 2.67. The van der Waals surface area contributed by atoms with Gasteiger partial charge in [0, 0.05) is 11.8 Å². The van der Waals surface area contributed by atoms with Gasteiger partial charge >= 0.3 is 11.9 Å². The van der Waals surface area contributed by atoms with Crippen molar-refractivity contribution >= 4 is 24.1 Å². The summed E-state index contributed by atoms with van der Waals surface area (Å²) in [7, 11) is 0. The summed E-state index contributed by atoms with van der Waals surface area (Å²) < 4.78 is 0. The van der Waals surface area contributed by atoms with Gasteiger partial charge in [0.05, 0.1) is 11.1 Å². The highest BCUT2D eigenvalue weighted by molar-refractivity contribution is 5.89. The smallest absolute Gasteiger partial charge is 0.335 e. The first-order chi connectivity index (χ1) is 12.5. The monoisotopic (exact) mass is 349 g/mol. The molecule has 2 N–H and O–H groups in total. The minimum Gasteiger partial charge on any atom is -0.478 e. The van der Waals surface area contributed by atoms with E-state index in [2.05, 4.69) is 25.4 Å². The standard InChI is InChI=1S/C17H11N5O4/c23-15(24)12-3-1-10(2-4-12)9-18-17-21-19-14(20-22-17)11-5-7-13(8-6-11)16(25)26/h1-9H,(H,23,24)(H,25,26)/b18-9+. The molecule has 0 atom stereocenters. The number of carboxylic acid groups (broad SMARTS) is 2. The summed E-state index contributed by atoms with van der Waals surface area (Å²) in [5.41, 5.74) is 1.59. The molecule has 0 saturated carbocycles. The van der Waals surface area contributed by atoms with Crippen molar-refractivity contribution in [3.63, 3.8) is 0 Å².